The van der Waals surface area contributed by atoms with Gasteiger partial charge in [-0.25, -0.2) is 8.78 Å². The topological polar surface area (TPSA) is 35.2 Å². The second kappa shape index (κ2) is 7.02. The molecule has 1 aromatic rings. The number of methoxy groups -OCH3 is 1. The zero-order chi connectivity index (χ0) is 14.5. The molecular formula is C16H23F2NO. The van der Waals surface area contributed by atoms with E-state index < -0.39 is 17.7 Å². The van der Waals surface area contributed by atoms with Gasteiger partial charge in [-0.1, -0.05) is 32.1 Å². The Bertz CT molecular complexity index is 419. The average Bonchev–Trinajstić information content (AvgIpc) is 2.37. The lowest BCUT2D eigenvalue weighted by Gasteiger charge is -2.26. The fourth-order valence-corrected chi connectivity index (χ4v) is 3.08. The van der Waals surface area contributed by atoms with Crippen LogP contribution in [0, 0.1) is 17.6 Å². The van der Waals surface area contributed by atoms with Crippen molar-refractivity contribution in [3.8, 4) is 5.75 Å². The highest BCUT2D eigenvalue weighted by molar-refractivity contribution is 5.32. The van der Waals surface area contributed by atoms with Crippen molar-refractivity contribution in [2.45, 2.75) is 51.0 Å². The maximum absolute atomic E-state index is 14.1. The summed E-state index contributed by atoms with van der Waals surface area (Å²) in [5.41, 5.74) is 6.17. The fraction of sp³-hybridized carbons (Fsp3) is 0.625. The summed E-state index contributed by atoms with van der Waals surface area (Å²) >= 11 is 0. The van der Waals surface area contributed by atoms with Gasteiger partial charge in [0.25, 0.3) is 0 Å². The normalized spacial score (nSPS) is 19.2. The molecule has 0 amide bonds. The van der Waals surface area contributed by atoms with Gasteiger partial charge in [-0.15, -0.1) is 0 Å². The number of hydrogen-bond acceptors (Lipinski definition) is 2. The number of hydrogen-bond donors (Lipinski definition) is 1. The highest BCUT2D eigenvalue weighted by atomic mass is 19.1. The fourth-order valence-electron chi connectivity index (χ4n) is 3.08. The average molecular weight is 283 g/mol. The van der Waals surface area contributed by atoms with Gasteiger partial charge in [0, 0.05) is 23.7 Å². The van der Waals surface area contributed by atoms with Gasteiger partial charge in [-0.05, 0) is 18.8 Å². The van der Waals surface area contributed by atoms with Crippen LogP contribution in [0.3, 0.4) is 0 Å². The number of rotatable bonds is 3. The summed E-state index contributed by atoms with van der Waals surface area (Å²) in [4.78, 5) is 0. The van der Waals surface area contributed by atoms with E-state index in [1.54, 1.807) is 0 Å². The van der Waals surface area contributed by atoms with Crippen molar-refractivity contribution in [3.05, 3.63) is 29.3 Å². The van der Waals surface area contributed by atoms with E-state index in [-0.39, 0.29) is 17.2 Å². The minimum Gasteiger partial charge on any atom is -0.497 e. The molecular weight excluding hydrogens is 260 g/mol. The quantitative estimate of drug-likeness (QED) is 0.896. The van der Waals surface area contributed by atoms with Crippen molar-refractivity contribution in [2.75, 3.05) is 7.11 Å². The molecule has 0 radical (unpaired) electrons. The third kappa shape index (κ3) is 3.48. The maximum Gasteiger partial charge on any atom is 0.134 e. The Morgan fingerprint density at radius 3 is 2.05 bits per heavy atom. The molecule has 0 heterocycles. The molecule has 20 heavy (non-hydrogen) atoms. The molecule has 2 N–H and O–H groups in total. The highest BCUT2D eigenvalue weighted by Crippen LogP contribution is 2.34. The van der Waals surface area contributed by atoms with E-state index >= 15 is 0 Å². The lowest BCUT2D eigenvalue weighted by Crippen LogP contribution is -2.24. The van der Waals surface area contributed by atoms with Gasteiger partial charge in [0.15, 0.2) is 0 Å². The smallest absolute Gasteiger partial charge is 0.134 e. The largest absolute Gasteiger partial charge is 0.497 e. The van der Waals surface area contributed by atoms with E-state index in [4.69, 9.17) is 10.5 Å². The zero-order valence-corrected chi connectivity index (χ0v) is 12.0. The first-order chi connectivity index (χ1) is 9.63. The monoisotopic (exact) mass is 283 g/mol. The van der Waals surface area contributed by atoms with Crippen LogP contribution in [-0.4, -0.2) is 7.11 Å². The molecule has 0 aliphatic heterocycles. The molecule has 0 spiro atoms. The summed E-state index contributed by atoms with van der Waals surface area (Å²) in [5, 5.41) is 0. The van der Waals surface area contributed by atoms with Crippen LogP contribution >= 0.6 is 0 Å². The summed E-state index contributed by atoms with van der Waals surface area (Å²) in [6, 6.07) is 1.85. The lowest BCUT2D eigenvalue weighted by atomic mass is 9.83. The van der Waals surface area contributed by atoms with Crippen molar-refractivity contribution < 1.29 is 13.5 Å². The molecule has 1 fully saturated rings. The van der Waals surface area contributed by atoms with E-state index in [9.17, 15) is 8.78 Å². The predicted molar refractivity (Wildman–Crippen MR) is 75.6 cm³/mol. The molecule has 2 nitrogen and oxygen atoms in total. The Labute approximate surface area is 119 Å². The number of ether oxygens (including phenoxy) is 1. The highest BCUT2D eigenvalue weighted by Gasteiger charge is 2.26. The molecule has 0 aromatic heterocycles. The molecule has 1 saturated carbocycles. The second-order valence-electron chi connectivity index (χ2n) is 5.64. The van der Waals surface area contributed by atoms with E-state index in [1.165, 1.54) is 38.5 Å². The summed E-state index contributed by atoms with van der Waals surface area (Å²) in [5.74, 6) is -0.853. The van der Waals surface area contributed by atoms with Crippen LogP contribution < -0.4 is 10.5 Å². The molecule has 1 atom stereocenters. The molecule has 1 aliphatic rings. The van der Waals surface area contributed by atoms with Crippen LogP contribution in [0.25, 0.3) is 0 Å². The summed E-state index contributed by atoms with van der Waals surface area (Å²) in [7, 11) is 1.39. The SMILES string of the molecule is COc1cc(F)c(C(N)C2CCCCCCC2)c(F)c1. The van der Waals surface area contributed by atoms with E-state index in [0.29, 0.717) is 0 Å². The van der Waals surface area contributed by atoms with Gasteiger partial charge >= 0.3 is 0 Å². The molecule has 0 saturated heterocycles. The van der Waals surface area contributed by atoms with Crippen LogP contribution in [0.1, 0.15) is 56.6 Å². The van der Waals surface area contributed by atoms with Crippen molar-refractivity contribution in [3.63, 3.8) is 0 Å². The van der Waals surface area contributed by atoms with E-state index in [2.05, 4.69) is 0 Å². The molecule has 1 aromatic carbocycles. The predicted octanol–water partition coefficient (Wildman–Crippen LogP) is 4.33. The minimum absolute atomic E-state index is 0.0105. The molecule has 112 valence electrons. The molecule has 4 heteroatoms. The Kier molecular flexibility index (Phi) is 5.35. The zero-order valence-electron chi connectivity index (χ0n) is 12.0. The number of nitrogens with two attached hydrogens (primary N) is 1. The van der Waals surface area contributed by atoms with Gasteiger partial charge in [0.1, 0.15) is 17.4 Å². The van der Waals surface area contributed by atoms with Crippen LogP contribution in [-0.2, 0) is 0 Å². The van der Waals surface area contributed by atoms with Crippen LogP contribution in [0.4, 0.5) is 8.78 Å². The second-order valence-corrected chi connectivity index (χ2v) is 5.64. The maximum atomic E-state index is 14.1. The molecule has 2 rings (SSSR count). The Morgan fingerprint density at radius 1 is 1.05 bits per heavy atom. The number of halogens is 2. The van der Waals surface area contributed by atoms with E-state index in [1.807, 2.05) is 0 Å². The van der Waals surface area contributed by atoms with Crippen LogP contribution in [0.5, 0.6) is 5.75 Å². The third-order valence-electron chi connectivity index (χ3n) is 4.28. The minimum atomic E-state index is -0.601. The first-order valence-corrected chi connectivity index (χ1v) is 7.42. The molecule has 1 aliphatic carbocycles. The Balaban J connectivity index is 2.20. The summed E-state index contributed by atoms with van der Waals surface area (Å²) in [6.45, 7) is 0. The van der Waals surface area contributed by atoms with Gasteiger partial charge in [0.05, 0.1) is 7.11 Å². The van der Waals surface area contributed by atoms with Crippen molar-refractivity contribution >= 4 is 0 Å². The van der Waals surface area contributed by atoms with Gasteiger partial charge in [0.2, 0.25) is 0 Å². The van der Waals surface area contributed by atoms with Gasteiger partial charge < -0.3 is 10.5 Å². The number of benzene rings is 1. The van der Waals surface area contributed by atoms with Crippen molar-refractivity contribution in [2.24, 2.45) is 11.7 Å². The third-order valence-corrected chi connectivity index (χ3v) is 4.28. The lowest BCUT2D eigenvalue weighted by molar-refractivity contribution is 0.315. The van der Waals surface area contributed by atoms with Crippen molar-refractivity contribution in [1.82, 2.24) is 0 Å². The van der Waals surface area contributed by atoms with E-state index in [0.717, 1.165) is 25.7 Å². The Morgan fingerprint density at radius 2 is 1.55 bits per heavy atom. The Hall–Kier alpha value is -1.16. The van der Waals surface area contributed by atoms with Gasteiger partial charge in [-0.3, -0.25) is 0 Å². The van der Waals surface area contributed by atoms with Crippen molar-refractivity contribution in [1.29, 1.82) is 0 Å². The first-order valence-electron chi connectivity index (χ1n) is 7.42. The molecule has 0 bridgehead atoms. The van der Waals surface area contributed by atoms with Crippen LogP contribution in [0.2, 0.25) is 0 Å². The summed E-state index contributed by atoms with van der Waals surface area (Å²) in [6.07, 6.45) is 7.73. The summed E-state index contributed by atoms with van der Waals surface area (Å²) < 4.78 is 33.0. The van der Waals surface area contributed by atoms with Gasteiger partial charge in [-0.2, -0.15) is 0 Å². The molecule has 1 unspecified atom stereocenters. The standard InChI is InChI=1S/C16H23F2NO/c1-20-12-9-13(17)15(14(18)10-12)16(19)11-7-5-3-2-4-6-8-11/h9-11,16H,2-8,19H2,1H3. The van der Waals surface area contributed by atoms with Crippen LogP contribution in [0.15, 0.2) is 12.1 Å². The first kappa shape index (κ1) is 15.2.